The van der Waals surface area contributed by atoms with Crippen molar-refractivity contribution in [3.05, 3.63) is 48.6 Å². The van der Waals surface area contributed by atoms with Crippen LogP contribution in [0.3, 0.4) is 0 Å². The van der Waals surface area contributed by atoms with E-state index in [9.17, 15) is 14.0 Å². The van der Waals surface area contributed by atoms with Crippen molar-refractivity contribution in [2.24, 2.45) is 23.7 Å². The molecule has 5 atom stereocenters. The van der Waals surface area contributed by atoms with Gasteiger partial charge in [0, 0.05) is 36.2 Å². The van der Waals surface area contributed by atoms with Gasteiger partial charge in [-0.05, 0) is 75.6 Å². The summed E-state index contributed by atoms with van der Waals surface area (Å²) in [5.74, 6) is 1.40. The predicted octanol–water partition coefficient (Wildman–Crippen LogP) is 4.96. The van der Waals surface area contributed by atoms with E-state index in [0.717, 1.165) is 12.8 Å². The third kappa shape index (κ3) is 6.10. The summed E-state index contributed by atoms with van der Waals surface area (Å²) in [5.41, 5.74) is 0.722. The van der Waals surface area contributed by atoms with Gasteiger partial charge in [0.2, 0.25) is 5.91 Å². The molecule has 0 aliphatic heterocycles. The summed E-state index contributed by atoms with van der Waals surface area (Å²) in [6, 6.07) is 6.29. The van der Waals surface area contributed by atoms with Crippen molar-refractivity contribution in [1.82, 2.24) is 15.6 Å². The lowest BCUT2D eigenvalue weighted by Crippen LogP contribution is -2.35. The molecule has 2 aromatic rings. The van der Waals surface area contributed by atoms with Crippen LogP contribution >= 0.6 is 0 Å². The number of hydrogen-bond acceptors (Lipinski definition) is 5. The van der Waals surface area contributed by atoms with Gasteiger partial charge < -0.3 is 20.1 Å². The SMILES string of the molecule is C=C(CCNC(=O)OC(C)(C)C)NC(=O)C(C)[C@H]1[C@@H]2C[C@@H](Oc3ccnc4ccc(F)cc34)C[C@@H]21. The highest BCUT2D eigenvalue weighted by molar-refractivity contribution is 5.84. The molecule has 2 aliphatic carbocycles. The standard InChI is InChI=1S/C27H34FN3O4/c1-15(8-10-30-26(33)35-27(3,4)5)31-25(32)16(2)24-19-13-18(14-20(19)24)34-23-9-11-29-22-7-6-17(28)12-21(22)23/h6-7,9,11-12,16,18-20,24H,1,8,10,13-14H2,2-5H3,(H,30,33)(H,31,32)/t16?,18-,19-,20+,24+. The van der Waals surface area contributed by atoms with E-state index in [1.807, 2.05) is 6.92 Å². The Morgan fingerprint density at radius 1 is 1.23 bits per heavy atom. The maximum atomic E-state index is 13.7. The minimum Gasteiger partial charge on any atom is -0.490 e. The smallest absolute Gasteiger partial charge is 0.407 e. The topological polar surface area (TPSA) is 89.6 Å². The third-order valence-corrected chi connectivity index (χ3v) is 6.81. The summed E-state index contributed by atoms with van der Waals surface area (Å²) in [4.78, 5) is 28.7. The van der Waals surface area contributed by atoms with Gasteiger partial charge in [-0.15, -0.1) is 0 Å². The molecule has 0 saturated heterocycles. The van der Waals surface area contributed by atoms with Crippen LogP contribution in [0.25, 0.3) is 10.9 Å². The number of nitrogens with zero attached hydrogens (tertiary/aromatic N) is 1. The maximum Gasteiger partial charge on any atom is 0.407 e. The van der Waals surface area contributed by atoms with Gasteiger partial charge in [-0.2, -0.15) is 0 Å². The summed E-state index contributed by atoms with van der Waals surface area (Å²) < 4.78 is 25.1. The van der Waals surface area contributed by atoms with E-state index in [0.29, 0.717) is 53.1 Å². The lowest BCUT2D eigenvalue weighted by molar-refractivity contribution is -0.124. The summed E-state index contributed by atoms with van der Waals surface area (Å²) in [5, 5.41) is 6.23. The summed E-state index contributed by atoms with van der Waals surface area (Å²) >= 11 is 0. The molecule has 7 nitrogen and oxygen atoms in total. The van der Waals surface area contributed by atoms with Crippen molar-refractivity contribution in [1.29, 1.82) is 0 Å². The van der Waals surface area contributed by atoms with E-state index >= 15 is 0 Å². The normalized spacial score (nSPS) is 23.8. The zero-order valence-corrected chi connectivity index (χ0v) is 20.8. The predicted molar refractivity (Wildman–Crippen MR) is 131 cm³/mol. The van der Waals surface area contributed by atoms with Gasteiger partial charge in [0.15, 0.2) is 0 Å². The molecule has 2 amide bonds. The molecule has 0 bridgehead atoms. The molecule has 4 rings (SSSR count). The van der Waals surface area contributed by atoms with Gasteiger partial charge in [0.05, 0.1) is 11.6 Å². The number of fused-ring (bicyclic) bond motifs is 2. The lowest BCUT2D eigenvalue weighted by Gasteiger charge is -2.21. The molecular formula is C27H34FN3O4. The number of hydrogen-bond donors (Lipinski definition) is 2. The molecule has 2 N–H and O–H groups in total. The molecule has 0 radical (unpaired) electrons. The first kappa shape index (κ1) is 24.9. The zero-order valence-electron chi connectivity index (χ0n) is 20.8. The van der Waals surface area contributed by atoms with Crippen LogP contribution in [0.4, 0.5) is 9.18 Å². The molecule has 0 spiro atoms. The minimum atomic E-state index is -0.554. The molecule has 8 heteroatoms. The zero-order chi connectivity index (χ0) is 25.3. The number of aromatic nitrogens is 1. The Hall–Kier alpha value is -3.16. The summed E-state index contributed by atoms with van der Waals surface area (Å²) in [7, 11) is 0. The lowest BCUT2D eigenvalue weighted by atomic mass is 9.97. The fraction of sp³-hybridized carbons (Fsp3) is 0.519. The van der Waals surface area contributed by atoms with Crippen LogP contribution in [-0.2, 0) is 9.53 Å². The molecule has 2 fully saturated rings. The molecule has 2 saturated carbocycles. The molecule has 2 aliphatic rings. The van der Waals surface area contributed by atoms with Gasteiger partial charge in [-0.1, -0.05) is 13.5 Å². The number of benzene rings is 1. The number of rotatable bonds is 8. The van der Waals surface area contributed by atoms with Gasteiger partial charge in [0.25, 0.3) is 0 Å². The molecular weight excluding hydrogens is 449 g/mol. The van der Waals surface area contributed by atoms with Crippen LogP contribution in [0.15, 0.2) is 42.7 Å². The average molecular weight is 484 g/mol. The van der Waals surface area contributed by atoms with Gasteiger partial charge in [-0.25, -0.2) is 9.18 Å². The summed E-state index contributed by atoms with van der Waals surface area (Å²) in [6.45, 7) is 11.6. The molecule has 1 aromatic carbocycles. The van der Waals surface area contributed by atoms with Crippen LogP contribution in [0.2, 0.25) is 0 Å². The highest BCUT2D eigenvalue weighted by Gasteiger charge is 2.59. The highest BCUT2D eigenvalue weighted by Crippen LogP contribution is 2.61. The number of carbonyl (C=O) groups excluding carboxylic acids is 2. The quantitative estimate of drug-likeness (QED) is 0.554. The first-order chi connectivity index (χ1) is 16.5. The molecule has 1 aromatic heterocycles. The molecule has 35 heavy (non-hydrogen) atoms. The van der Waals surface area contributed by atoms with Crippen LogP contribution in [0, 0.1) is 29.5 Å². The fourth-order valence-corrected chi connectivity index (χ4v) is 5.21. The van der Waals surface area contributed by atoms with Crippen LogP contribution in [0.1, 0.15) is 47.0 Å². The Morgan fingerprint density at radius 2 is 1.94 bits per heavy atom. The fourth-order valence-electron chi connectivity index (χ4n) is 5.21. The van der Waals surface area contributed by atoms with Crippen molar-refractivity contribution < 1.29 is 23.5 Å². The number of ether oxygens (including phenoxy) is 2. The Balaban J connectivity index is 1.21. The number of amides is 2. The first-order valence-corrected chi connectivity index (χ1v) is 12.2. The highest BCUT2D eigenvalue weighted by atomic mass is 19.1. The van der Waals surface area contributed by atoms with Crippen molar-refractivity contribution in [3.8, 4) is 5.75 Å². The average Bonchev–Trinajstić information content (AvgIpc) is 3.26. The van der Waals surface area contributed by atoms with Crippen LogP contribution < -0.4 is 15.4 Å². The monoisotopic (exact) mass is 483 g/mol. The Bertz CT molecular complexity index is 1120. The number of carbonyl (C=O) groups is 2. The second kappa shape index (κ2) is 9.84. The van der Waals surface area contributed by atoms with Crippen molar-refractivity contribution in [2.75, 3.05) is 6.54 Å². The van der Waals surface area contributed by atoms with Crippen LogP contribution in [0.5, 0.6) is 5.75 Å². The molecule has 1 heterocycles. The largest absolute Gasteiger partial charge is 0.490 e. The Labute approximate surface area is 205 Å². The van der Waals surface area contributed by atoms with E-state index in [-0.39, 0.29) is 23.7 Å². The number of alkyl carbamates (subject to hydrolysis) is 1. The van der Waals surface area contributed by atoms with Crippen molar-refractivity contribution in [2.45, 2.75) is 58.7 Å². The first-order valence-electron chi connectivity index (χ1n) is 12.2. The summed E-state index contributed by atoms with van der Waals surface area (Å²) in [6.07, 6.45) is 3.44. The van der Waals surface area contributed by atoms with Gasteiger partial charge >= 0.3 is 6.09 Å². The Kier molecular flexibility index (Phi) is 7.01. The van der Waals surface area contributed by atoms with Crippen molar-refractivity contribution >= 4 is 22.9 Å². The molecule has 188 valence electrons. The van der Waals surface area contributed by atoms with Crippen molar-refractivity contribution in [3.63, 3.8) is 0 Å². The number of halogens is 1. The second-order valence-corrected chi connectivity index (χ2v) is 10.6. The van der Waals surface area contributed by atoms with Crippen LogP contribution in [-0.4, -0.2) is 35.2 Å². The molecule has 1 unspecified atom stereocenters. The van der Waals surface area contributed by atoms with E-state index < -0.39 is 11.7 Å². The van der Waals surface area contributed by atoms with Gasteiger partial charge in [-0.3, -0.25) is 9.78 Å². The van der Waals surface area contributed by atoms with E-state index in [4.69, 9.17) is 9.47 Å². The minimum absolute atomic E-state index is 0.0419. The second-order valence-electron chi connectivity index (χ2n) is 10.6. The number of pyridine rings is 1. The third-order valence-electron chi connectivity index (χ3n) is 6.81. The number of nitrogens with one attached hydrogen (secondary N) is 2. The maximum absolute atomic E-state index is 13.7. The van der Waals surface area contributed by atoms with Gasteiger partial charge in [0.1, 0.15) is 17.2 Å². The Morgan fingerprint density at radius 3 is 2.63 bits per heavy atom. The van der Waals surface area contributed by atoms with E-state index in [2.05, 4.69) is 22.2 Å². The van der Waals surface area contributed by atoms with E-state index in [1.54, 1.807) is 39.1 Å². The van der Waals surface area contributed by atoms with E-state index in [1.165, 1.54) is 12.1 Å².